The highest BCUT2D eigenvalue weighted by Crippen LogP contribution is 2.28. The predicted molar refractivity (Wildman–Crippen MR) is 104 cm³/mol. The van der Waals surface area contributed by atoms with E-state index in [1.54, 1.807) is 22.7 Å². The van der Waals surface area contributed by atoms with Gasteiger partial charge in [0.05, 0.1) is 23.1 Å². The van der Waals surface area contributed by atoms with Crippen molar-refractivity contribution in [1.82, 2.24) is 14.5 Å². The first-order valence-electron chi connectivity index (χ1n) is 8.88. The molecule has 4 rings (SSSR count). The quantitative estimate of drug-likeness (QED) is 0.699. The van der Waals surface area contributed by atoms with Crippen molar-refractivity contribution in [2.24, 2.45) is 0 Å². The van der Waals surface area contributed by atoms with Gasteiger partial charge >= 0.3 is 0 Å². The first kappa shape index (κ1) is 17.6. The van der Waals surface area contributed by atoms with E-state index in [1.807, 2.05) is 30.3 Å². The monoisotopic (exact) mass is 381 g/mol. The van der Waals surface area contributed by atoms with Gasteiger partial charge in [-0.2, -0.15) is 0 Å². The molecule has 3 aromatic rings. The van der Waals surface area contributed by atoms with Crippen molar-refractivity contribution in [2.45, 2.75) is 26.3 Å². The zero-order valence-electron chi connectivity index (χ0n) is 15.0. The lowest BCUT2D eigenvalue weighted by Crippen LogP contribution is -2.38. The van der Waals surface area contributed by atoms with Gasteiger partial charge in [-0.15, -0.1) is 11.3 Å². The smallest absolute Gasteiger partial charge is 0.264 e. The van der Waals surface area contributed by atoms with E-state index in [4.69, 9.17) is 0 Å². The van der Waals surface area contributed by atoms with Crippen LogP contribution in [0.3, 0.4) is 0 Å². The largest absolute Gasteiger partial charge is 0.337 e. The van der Waals surface area contributed by atoms with E-state index in [0.717, 1.165) is 5.56 Å². The SMILES string of the molecule is Cc1c(C(=O)N2CCC(=O)CC2)sc2ncn(Cc3ccccc3)c(=O)c12. The number of amides is 1. The molecule has 27 heavy (non-hydrogen) atoms. The number of aromatic nitrogens is 2. The summed E-state index contributed by atoms with van der Waals surface area (Å²) in [6, 6.07) is 9.72. The number of fused-ring (bicyclic) bond motifs is 1. The molecule has 1 amide bonds. The summed E-state index contributed by atoms with van der Waals surface area (Å²) >= 11 is 1.26. The Labute approximate surface area is 160 Å². The summed E-state index contributed by atoms with van der Waals surface area (Å²) in [5.41, 5.74) is 1.56. The number of hydrogen-bond acceptors (Lipinski definition) is 5. The van der Waals surface area contributed by atoms with Crippen LogP contribution in [0.15, 0.2) is 41.5 Å². The molecule has 138 valence electrons. The number of carbonyl (C=O) groups excluding carboxylic acids is 2. The molecule has 6 nitrogen and oxygen atoms in total. The molecule has 0 atom stereocenters. The van der Waals surface area contributed by atoms with Crippen LogP contribution in [-0.4, -0.2) is 39.2 Å². The first-order chi connectivity index (χ1) is 13.0. The van der Waals surface area contributed by atoms with Crippen molar-refractivity contribution < 1.29 is 9.59 Å². The number of aryl methyl sites for hydroxylation is 1. The molecule has 0 aliphatic carbocycles. The Hall–Kier alpha value is -2.80. The molecule has 0 spiro atoms. The van der Waals surface area contributed by atoms with Gasteiger partial charge in [-0.3, -0.25) is 19.0 Å². The number of nitrogens with zero attached hydrogens (tertiary/aromatic N) is 3. The number of ketones is 1. The highest BCUT2D eigenvalue weighted by atomic mass is 32.1. The fourth-order valence-corrected chi connectivity index (χ4v) is 4.47. The Bertz CT molecular complexity index is 1080. The molecule has 1 aliphatic rings. The van der Waals surface area contributed by atoms with Crippen molar-refractivity contribution in [3.8, 4) is 0 Å². The third-order valence-electron chi connectivity index (χ3n) is 4.92. The molecule has 0 N–H and O–H groups in total. The summed E-state index contributed by atoms with van der Waals surface area (Å²) < 4.78 is 1.57. The van der Waals surface area contributed by atoms with Gasteiger partial charge < -0.3 is 4.90 Å². The fourth-order valence-electron chi connectivity index (χ4n) is 3.36. The van der Waals surface area contributed by atoms with Gasteiger partial charge in [0.25, 0.3) is 11.5 Å². The number of carbonyl (C=O) groups is 2. The Morgan fingerprint density at radius 3 is 2.56 bits per heavy atom. The molecular formula is C20H19N3O3S. The standard InChI is InChI=1S/C20H19N3O3S/c1-13-16-18(27-17(13)20(26)22-9-7-15(24)8-10-22)21-12-23(19(16)25)11-14-5-3-2-4-6-14/h2-6,12H,7-11H2,1H3. The van der Waals surface area contributed by atoms with Crippen LogP contribution < -0.4 is 5.56 Å². The number of Topliss-reactive ketones (excluding diaryl/α,β-unsaturated/α-hetero) is 1. The third kappa shape index (κ3) is 3.30. The second-order valence-electron chi connectivity index (χ2n) is 6.73. The first-order valence-corrected chi connectivity index (χ1v) is 9.69. The van der Waals surface area contributed by atoms with Crippen molar-refractivity contribution in [3.05, 3.63) is 63.0 Å². The number of benzene rings is 1. The fraction of sp³-hybridized carbons (Fsp3) is 0.300. The molecule has 1 fully saturated rings. The van der Waals surface area contributed by atoms with Crippen LogP contribution in [0.2, 0.25) is 0 Å². The topological polar surface area (TPSA) is 72.3 Å². The summed E-state index contributed by atoms with van der Waals surface area (Å²) in [5, 5.41) is 0.509. The van der Waals surface area contributed by atoms with Gasteiger partial charge in [-0.1, -0.05) is 30.3 Å². The zero-order valence-corrected chi connectivity index (χ0v) is 15.8. The highest BCUT2D eigenvalue weighted by molar-refractivity contribution is 7.20. The minimum atomic E-state index is -0.134. The molecule has 1 aromatic carbocycles. The third-order valence-corrected chi connectivity index (χ3v) is 6.10. The summed E-state index contributed by atoms with van der Waals surface area (Å²) in [6.45, 7) is 3.13. The summed E-state index contributed by atoms with van der Waals surface area (Å²) in [4.78, 5) is 44.5. The van der Waals surface area contributed by atoms with E-state index in [1.165, 1.54) is 11.3 Å². The summed E-state index contributed by atoms with van der Waals surface area (Å²) in [5.74, 6) is 0.0783. The second kappa shape index (κ2) is 7.08. The van der Waals surface area contributed by atoms with Crippen LogP contribution in [0.25, 0.3) is 10.2 Å². The summed E-state index contributed by atoms with van der Waals surface area (Å²) in [7, 11) is 0. The Kier molecular flexibility index (Phi) is 4.61. The van der Waals surface area contributed by atoms with Gasteiger partial charge in [0.15, 0.2) is 0 Å². The maximum atomic E-state index is 13.0. The second-order valence-corrected chi connectivity index (χ2v) is 7.73. The van der Waals surface area contributed by atoms with Gasteiger partial charge in [-0.05, 0) is 18.1 Å². The van der Waals surface area contributed by atoms with E-state index in [-0.39, 0.29) is 17.2 Å². The molecule has 1 aliphatic heterocycles. The zero-order chi connectivity index (χ0) is 19.0. The average Bonchev–Trinajstić information content (AvgIpc) is 3.02. The van der Waals surface area contributed by atoms with Crippen LogP contribution in [0.1, 0.15) is 33.6 Å². The maximum Gasteiger partial charge on any atom is 0.264 e. The minimum Gasteiger partial charge on any atom is -0.337 e. The van der Waals surface area contributed by atoms with E-state index in [0.29, 0.717) is 53.1 Å². The van der Waals surface area contributed by atoms with E-state index < -0.39 is 0 Å². The van der Waals surface area contributed by atoms with Crippen LogP contribution in [-0.2, 0) is 11.3 Å². The lowest BCUT2D eigenvalue weighted by molar-refractivity contribution is -0.120. The molecule has 0 saturated carbocycles. The number of likely N-dealkylation sites (tertiary alicyclic amines) is 1. The number of hydrogen-bond donors (Lipinski definition) is 0. The Balaban J connectivity index is 1.69. The van der Waals surface area contributed by atoms with Crippen molar-refractivity contribution in [2.75, 3.05) is 13.1 Å². The molecule has 7 heteroatoms. The lowest BCUT2D eigenvalue weighted by atomic mass is 10.1. The minimum absolute atomic E-state index is 0.114. The van der Waals surface area contributed by atoms with Crippen molar-refractivity contribution >= 4 is 33.2 Å². The van der Waals surface area contributed by atoms with Crippen molar-refractivity contribution in [1.29, 1.82) is 0 Å². The van der Waals surface area contributed by atoms with Gasteiger partial charge in [-0.25, -0.2) is 4.98 Å². The van der Waals surface area contributed by atoms with Gasteiger partial charge in [0.2, 0.25) is 0 Å². The maximum absolute atomic E-state index is 13.0. The molecule has 1 saturated heterocycles. The summed E-state index contributed by atoms with van der Waals surface area (Å²) in [6.07, 6.45) is 2.34. The predicted octanol–water partition coefficient (Wildman–Crippen LogP) is 2.62. The molecule has 3 heterocycles. The van der Waals surface area contributed by atoms with E-state index in [2.05, 4.69) is 4.98 Å². The van der Waals surface area contributed by atoms with Gasteiger partial charge in [0.1, 0.15) is 10.6 Å². The number of rotatable bonds is 3. The van der Waals surface area contributed by atoms with Crippen molar-refractivity contribution in [3.63, 3.8) is 0 Å². The molecule has 0 unspecified atom stereocenters. The molecule has 0 radical (unpaired) electrons. The van der Waals surface area contributed by atoms with Crippen LogP contribution in [0, 0.1) is 6.92 Å². The van der Waals surface area contributed by atoms with Gasteiger partial charge in [0, 0.05) is 25.9 Å². The molecule has 2 aromatic heterocycles. The van der Waals surface area contributed by atoms with E-state index >= 15 is 0 Å². The highest BCUT2D eigenvalue weighted by Gasteiger charge is 2.26. The molecule has 0 bridgehead atoms. The normalized spacial score (nSPS) is 14.7. The Morgan fingerprint density at radius 2 is 1.85 bits per heavy atom. The van der Waals surface area contributed by atoms with E-state index in [9.17, 15) is 14.4 Å². The average molecular weight is 381 g/mol. The van der Waals surface area contributed by atoms with Crippen LogP contribution in [0.4, 0.5) is 0 Å². The number of thiophene rings is 1. The Morgan fingerprint density at radius 1 is 1.15 bits per heavy atom. The lowest BCUT2D eigenvalue weighted by Gasteiger charge is -2.25. The molecular weight excluding hydrogens is 362 g/mol. The van der Waals surface area contributed by atoms with Crippen LogP contribution in [0.5, 0.6) is 0 Å². The van der Waals surface area contributed by atoms with Crippen LogP contribution >= 0.6 is 11.3 Å². The number of piperidine rings is 1.